The first-order valence-corrected chi connectivity index (χ1v) is 7.62. The van der Waals surface area contributed by atoms with Crippen LogP contribution in [0, 0.1) is 0 Å². The average molecular weight is 159 g/mol. The van der Waals surface area contributed by atoms with E-state index in [2.05, 4.69) is 20.0 Å². The van der Waals surface area contributed by atoms with E-state index in [4.69, 9.17) is 0 Å². The maximum atomic E-state index is 2.49. The van der Waals surface area contributed by atoms with Crippen LogP contribution in [0.4, 0.5) is 0 Å². The third kappa shape index (κ3) is 2.23. The summed E-state index contributed by atoms with van der Waals surface area (Å²) in [5.41, 5.74) is 1.11. The summed E-state index contributed by atoms with van der Waals surface area (Å²) < 4.78 is 0. The maximum absolute atomic E-state index is 2.49. The van der Waals surface area contributed by atoms with Gasteiger partial charge in [0.15, 0.2) is 0 Å². The van der Waals surface area contributed by atoms with Crippen molar-refractivity contribution in [3.05, 3.63) is 0 Å². The van der Waals surface area contributed by atoms with Crippen LogP contribution in [0.15, 0.2) is 0 Å². The van der Waals surface area contributed by atoms with Crippen molar-refractivity contribution in [2.45, 2.75) is 37.8 Å². The maximum Gasteiger partial charge on any atom is 0.0689 e. The number of rotatable bonds is 1. The summed E-state index contributed by atoms with van der Waals surface area (Å²) in [4.78, 5) is 0. The lowest BCUT2D eigenvalue weighted by Gasteiger charge is -2.27. The topological polar surface area (TPSA) is 0 Å². The molecule has 0 aliphatic heterocycles. The van der Waals surface area contributed by atoms with Crippen molar-refractivity contribution in [1.29, 1.82) is 0 Å². The van der Waals surface area contributed by atoms with Gasteiger partial charge >= 0.3 is 0 Å². The summed E-state index contributed by atoms with van der Waals surface area (Å²) in [6.45, 7) is 7.47. The standard InChI is InChI=1S/C9H20P/c1-10(2,3)9-7-5-4-6-8-9/h9H,4-8H2,1-3H3/q+1. The van der Waals surface area contributed by atoms with Crippen molar-refractivity contribution in [1.82, 2.24) is 0 Å². The van der Waals surface area contributed by atoms with Crippen molar-refractivity contribution < 1.29 is 0 Å². The Labute approximate surface area is 65.7 Å². The minimum atomic E-state index is -0.491. The van der Waals surface area contributed by atoms with Gasteiger partial charge in [-0.1, -0.05) is 6.42 Å². The highest BCUT2D eigenvalue weighted by atomic mass is 31.2. The first kappa shape index (κ1) is 8.53. The Morgan fingerprint density at radius 2 is 1.40 bits per heavy atom. The van der Waals surface area contributed by atoms with Crippen LogP contribution < -0.4 is 0 Å². The Hall–Kier alpha value is 0.430. The van der Waals surface area contributed by atoms with Crippen LogP contribution >= 0.6 is 7.26 Å². The van der Waals surface area contributed by atoms with Gasteiger partial charge in [-0.2, -0.15) is 0 Å². The van der Waals surface area contributed by atoms with E-state index >= 15 is 0 Å². The monoisotopic (exact) mass is 159 g/mol. The molecule has 0 amide bonds. The zero-order valence-electron chi connectivity index (χ0n) is 7.56. The molecule has 10 heavy (non-hydrogen) atoms. The smallest absolute Gasteiger partial charge is 0.0530 e. The second kappa shape index (κ2) is 3.22. The highest BCUT2D eigenvalue weighted by Gasteiger charge is 2.31. The highest BCUT2D eigenvalue weighted by Crippen LogP contribution is 2.56. The molecule has 1 fully saturated rings. The molecule has 60 valence electrons. The first-order valence-electron chi connectivity index (χ1n) is 4.42. The fourth-order valence-electron chi connectivity index (χ4n) is 1.86. The fourth-order valence-corrected chi connectivity index (χ4v) is 3.77. The van der Waals surface area contributed by atoms with Crippen molar-refractivity contribution in [3.63, 3.8) is 0 Å². The van der Waals surface area contributed by atoms with Crippen molar-refractivity contribution in [2.75, 3.05) is 20.0 Å². The highest BCUT2D eigenvalue weighted by molar-refractivity contribution is 7.74. The van der Waals surface area contributed by atoms with E-state index in [-0.39, 0.29) is 0 Å². The lowest BCUT2D eigenvalue weighted by molar-refractivity contribution is 0.509. The lowest BCUT2D eigenvalue weighted by atomic mass is 10.0. The zero-order chi connectivity index (χ0) is 7.61. The summed E-state index contributed by atoms with van der Waals surface area (Å²) in [5.74, 6) is 0. The van der Waals surface area contributed by atoms with Crippen LogP contribution in [0.1, 0.15) is 32.1 Å². The fraction of sp³-hybridized carbons (Fsp3) is 1.00. The quantitative estimate of drug-likeness (QED) is 0.515. The van der Waals surface area contributed by atoms with E-state index in [0.717, 1.165) is 5.66 Å². The molecule has 1 heteroatoms. The van der Waals surface area contributed by atoms with Gasteiger partial charge in [-0.05, 0) is 25.7 Å². The van der Waals surface area contributed by atoms with Gasteiger partial charge in [0.1, 0.15) is 0 Å². The van der Waals surface area contributed by atoms with E-state index in [1.54, 1.807) is 0 Å². The molecular formula is C9H20P+. The molecule has 1 saturated carbocycles. The Morgan fingerprint density at radius 3 is 1.70 bits per heavy atom. The molecule has 0 nitrogen and oxygen atoms in total. The third-order valence-electron chi connectivity index (χ3n) is 2.67. The molecule has 0 aromatic heterocycles. The van der Waals surface area contributed by atoms with Crippen molar-refractivity contribution in [2.24, 2.45) is 0 Å². The zero-order valence-corrected chi connectivity index (χ0v) is 8.45. The summed E-state index contributed by atoms with van der Waals surface area (Å²) in [5, 5.41) is 0. The van der Waals surface area contributed by atoms with E-state index in [1.165, 1.54) is 32.1 Å². The first-order chi connectivity index (χ1) is 4.61. The number of hydrogen-bond acceptors (Lipinski definition) is 0. The van der Waals surface area contributed by atoms with E-state index in [1.807, 2.05) is 0 Å². The third-order valence-corrected chi connectivity index (χ3v) is 5.38. The molecule has 0 aromatic carbocycles. The molecule has 1 aliphatic carbocycles. The molecule has 0 aromatic rings. The van der Waals surface area contributed by atoms with Gasteiger partial charge in [0.05, 0.1) is 5.66 Å². The van der Waals surface area contributed by atoms with Crippen LogP contribution in [0.25, 0.3) is 0 Å². The number of hydrogen-bond donors (Lipinski definition) is 0. The Balaban J connectivity index is 2.39. The minimum absolute atomic E-state index is 0.491. The molecule has 0 saturated heterocycles. The Kier molecular flexibility index (Phi) is 2.74. The van der Waals surface area contributed by atoms with E-state index in [9.17, 15) is 0 Å². The van der Waals surface area contributed by atoms with Gasteiger partial charge in [-0.25, -0.2) is 0 Å². The van der Waals surface area contributed by atoms with Crippen molar-refractivity contribution >= 4 is 7.26 Å². The molecule has 1 rings (SSSR count). The SMILES string of the molecule is C[P+](C)(C)C1CCCCC1. The van der Waals surface area contributed by atoms with Crippen LogP contribution in [-0.4, -0.2) is 25.7 Å². The molecule has 0 heterocycles. The van der Waals surface area contributed by atoms with Crippen LogP contribution in [0.5, 0.6) is 0 Å². The molecular weight excluding hydrogens is 139 g/mol. The molecule has 0 atom stereocenters. The predicted octanol–water partition coefficient (Wildman–Crippen LogP) is 3.23. The van der Waals surface area contributed by atoms with Gasteiger partial charge in [0, 0.05) is 27.3 Å². The van der Waals surface area contributed by atoms with E-state index < -0.39 is 7.26 Å². The average Bonchev–Trinajstić information content (AvgIpc) is 1.88. The minimum Gasteiger partial charge on any atom is -0.0530 e. The summed E-state index contributed by atoms with van der Waals surface area (Å²) in [6, 6.07) is 0. The van der Waals surface area contributed by atoms with Gasteiger partial charge in [-0.3, -0.25) is 0 Å². The summed E-state index contributed by atoms with van der Waals surface area (Å²) >= 11 is 0. The summed E-state index contributed by atoms with van der Waals surface area (Å²) in [6.07, 6.45) is 7.55. The second-order valence-corrected chi connectivity index (χ2v) is 9.37. The molecule has 0 N–H and O–H groups in total. The van der Waals surface area contributed by atoms with Crippen LogP contribution in [0.3, 0.4) is 0 Å². The normalized spacial score (nSPS) is 23.1. The molecule has 0 radical (unpaired) electrons. The molecule has 0 spiro atoms. The Morgan fingerprint density at radius 1 is 0.900 bits per heavy atom. The van der Waals surface area contributed by atoms with Gasteiger partial charge in [0.25, 0.3) is 0 Å². The Bertz CT molecular complexity index is 95.8. The van der Waals surface area contributed by atoms with Gasteiger partial charge in [-0.15, -0.1) is 0 Å². The van der Waals surface area contributed by atoms with Crippen molar-refractivity contribution in [3.8, 4) is 0 Å². The van der Waals surface area contributed by atoms with Crippen LogP contribution in [0.2, 0.25) is 0 Å². The second-order valence-electron chi connectivity index (χ2n) is 4.41. The van der Waals surface area contributed by atoms with Gasteiger partial charge in [0.2, 0.25) is 0 Å². The molecule has 1 aliphatic rings. The largest absolute Gasteiger partial charge is 0.0689 e. The predicted molar refractivity (Wildman–Crippen MR) is 51.6 cm³/mol. The van der Waals surface area contributed by atoms with Crippen LogP contribution in [-0.2, 0) is 0 Å². The summed E-state index contributed by atoms with van der Waals surface area (Å²) in [7, 11) is -0.491. The van der Waals surface area contributed by atoms with E-state index in [0.29, 0.717) is 0 Å². The molecule has 0 unspecified atom stereocenters. The van der Waals surface area contributed by atoms with Gasteiger partial charge < -0.3 is 0 Å². The lowest BCUT2D eigenvalue weighted by Crippen LogP contribution is -2.15. The molecule has 0 bridgehead atoms.